The van der Waals surface area contributed by atoms with E-state index in [0.717, 1.165) is 6.20 Å². The summed E-state index contributed by atoms with van der Waals surface area (Å²) in [6.07, 6.45) is 2.02. The molecule has 29 heavy (non-hydrogen) atoms. The molecule has 8 heteroatoms. The molecule has 0 aliphatic carbocycles. The van der Waals surface area contributed by atoms with E-state index in [0.29, 0.717) is 5.56 Å². The first-order valence-electron chi connectivity index (χ1n) is 8.82. The number of carbonyl (C=O) groups excluding carboxylic acids is 2. The smallest absolute Gasteiger partial charge is 0.306 e. The molecule has 0 unspecified atom stereocenters. The van der Waals surface area contributed by atoms with Gasteiger partial charge >= 0.3 is 5.97 Å². The summed E-state index contributed by atoms with van der Waals surface area (Å²) in [5.74, 6) is -2.34. The van der Waals surface area contributed by atoms with Gasteiger partial charge in [0.2, 0.25) is 0 Å². The zero-order valence-corrected chi connectivity index (χ0v) is 15.5. The molecular formula is C21H16FN3O4. The lowest BCUT2D eigenvalue weighted by Crippen LogP contribution is -2.10. The third-order valence-electron chi connectivity index (χ3n) is 4.29. The van der Waals surface area contributed by atoms with Crippen molar-refractivity contribution in [3.05, 3.63) is 53.7 Å². The zero-order valence-electron chi connectivity index (χ0n) is 15.5. The van der Waals surface area contributed by atoms with E-state index in [9.17, 15) is 24.3 Å². The van der Waals surface area contributed by atoms with Crippen LogP contribution in [0.25, 0.3) is 22.0 Å². The minimum Gasteiger partial charge on any atom is -0.504 e. The summed E-state index contributed by atoms with van der Waals surface area (Å²) in [4.78, 5) is 32.0. The summed E-state index contributed by atoms with van der Waals surface area (Å²) in [5.41, 5.74) is 0.230. The fraction of sp³-hybridized carbons (Fsp3) is 0.190. The predicted molar refractivity (Wildman–Crippen MR) is 102 cm³/mol. The number of halogens is 1. The lowest BCUT2D eigenvalue weighted by Gasteiger charge is -2.12. The topological polar surface area (TPSA) is 113 Å². The number of Topliss-reactive ketones (excluding diaryl/α,β-unsaturated/α-hetero) is 1. The SMILES string of the molecule is CCOC(=O)CCC(=O)c1nc2c(-c3ccncc3F)cccc2c(C#N)c1O. The van der Waals surface area contributed by atoms with E-state index in [1.807, 2.05) is 6.07 Å². The van der Waals surface area contributed by atoms with Crippen molar-refractivity contribution in [1.82, 2.24) is 9.97 Å². The molecule has 3 rings (SSSR count). The van der Waals surface area contributed by atoms with Crippen LogP contribution in [0.4, 0.5) is 4.39 Å². The van der Waals surface area contributed by atoms with Crippen LogP contribution >= 0.6 is 0 Å². The van der Waals surface area contributed by atoms with Gasteiger partial charge in [0.15, 0.2) is 11.5 Å². The molecule has 1 N–H and O–H groups in total. The van der Waals surface area contributed by atoms with Crippen LogP contribution < -0.4 is 0 Å². The molecular weight excluding hydrogens is 377 g/mol. The third kappa shape index (κ3) is 3.89. The van der Waals surface area contributed by atoms with Crippen molar-refractivity contribution in [2.75, 3.05) is 6.61 Å². The number of hydrogen-bond acceptors (Lipinski definition) is 7. The lowest BCUT2D eigenvalue weighted by atomic mass is 9.98. The van der Waals surface area contributed by atoms with E-state index in [-0.39, 0.29) is 47.2 Å². The lowest BCUT2D eigenvalue weighted by molar-refractivity contribution is -0.143. The minimum atomic E-state index is -0.626. The highest BCUT2D eigenvalue weighted by Gasteiger charge is 2.22. The van der Waals surface area contributed by atoms with Crippen molar-refractivity contribution in [3.8, 4) is 22.9 Å². The Morgan fingerprint density at radius 2 is 2.03 bits per heavy atom. The van der Waals surface area contributed by atoms with Gasteiger partial charge in [-0.25, -0.2) is 9.37 Å². The molecule has 0 aliphatic rings. The van der Waals surface area contributed by atoms with Crippen LogP contribution in [0.5, 0.6) is 5.75 Å². The first-order chi connectivity index (χ1) is 14.0. The van der Waals surface area contributed by atoms with Crippen LogP contribution in [0.2, 0.25) is 0 Å². The Kier molecular flexibility index (Phi) is 5.79. The number of carbonyl (C=O) groups is 2. The predicted octanol–water partition coefficient (Wildman–Crippen LogP) is 3.54. The number of aromatic hydroxyl groups is 1. The number of pyridine rings is 2. The van der Waals surface area contributed by atoms with E-state index >= 15 is 0 Å². The first-order valence-corrected chi connectivity index (χ1v) is 8.82. The van der Waals surface area contributed by atoms with Crippen LogP contribution in [-0.2, 0) is 9.53 Å². The van der Waals surface area contributed by atoms with Gasteiger partial charge in [0.05, 0.1) is 24.7 Å². The Labute approximate surface area is 165 Å². The first kappa shape index (κ1) is 19.9. The van der Waals surface area contributed by atoms with Gasteiger partial charge in [-0.2, -0.15) is 5.26 Å². The monoisotopic (exact) mass is 393 g/mol. The van der Waals surface area contributed by atoms with E-state index in [2.05, 4.69) is 9.97 Å². The number of nitrogens with zero attached hydrogens (tertiary/aromatic N) is 3. The second-order valence-electron chi connectivity index (χ2n) is 6.08. The highest BCUT2D eigenvalue weighted by Crippen LogP contribution is 2.35. The molecule has 2 heterocycles. The third-order valence-corrected chi connectivity index (χ3v) is 4.29. The number of para-hydroxylation sites is 1. The quantitative estimate of drug-likeness (QED) is 0.503. The molecule has 0 fully saturated rings. The van der Waals surface area contributed by atoms with Crippen LogP contribution in [-0.4, -0.2) is 33.4 Å². The van der Waals surface area contributed by atoms with Gasteiger partial charge in [0.25, 0.3) is 0 Å². The van der Waals surface area contributed by atoms with Crippen LogP contribution in [0, 0.1) is 17.1 Å². The fourth-order valence-corrected chi connectivity index (χ4v) is 2.96. The number of aromatic nitrogens is 2. The van der Waals surface area contributed by atoms with Gasteiger partial charge in [0.1, 0.15) is 23.1 Å². The molecule has 2 aromatic heterocycles. The van der Waals surface area contributed by atoms with E-state index in [4.69, 9.17) is 4.74 Å². The summed E-state index contributed by atoms with van der Waals surface area (Å²) >= 11 is 0. The van der Waals surface area contributed by atoms with Crippen molar-refractivity contribution < 1.29 is 23.8 Å². The molecule has 0 saturated carbocycles. The van der Waals surface area contributed by atoms with Crippen molar-refractivity contribution >= 4 is 22.7 Å². The molecule has 3 aromatic rings. The molecule has 0 spiro atoms. The Bertz CT molecular complexity index is 1150. The molecule has 0 bridgehead atoms. The maximum Gasteiger partial charge on any atom is 0.306 e. The number of nitriles is 1. The number of hydrogen-bond donors (Lipinski definition) is 1. The molecule has 146 valence electrons. The van der Waals surface area contributed by atoms with Gasteiger partial charge in [-0.05, 0) is 13.0 Å². The summed E-state index contributed by atoms with van der Waals surface area (Å²) in [6.45, 7) is 1.83. The summed E-state index contributed by atoms with van der Waals surface area (Å²) < 4.78 is 19.1. The Balaban J connectivity index is 2.15. The van der Waals surface area contributed by atoms with Crippen LogP contribution in [0.3, 0.4) is 0 Å². The molecule has 0 radical (unpaired) electrons. The molecule has 1 aromatic carbocycles. The largest absolute Gasteiger partial charge is 0.504 e. The Hall–Kier alpha value is -3.86. The highest BCUT2D eigenvalue weighted by atomic mass is 19.1. The van der Waals surface area contributed by atoms with Crippen molar-refractivity contribution in [1.29, 1.82) is 5.26 Å². The van der Waals surface area contributed by atoms with Gasteiger partial charge in [-0.1, -0.05) is 18.2 Å². The van der Waals surface area contributed by atoms with E-state index in [1.54, 1.807) is 25.1 Å². The fourth-order valence-electron chi connectivity index (χ4n) is 2.96. The molecule has 0 amide bonds. The molecule has 0 atom stereocenters. The molecule has 7 nitrogen and oxygen atoms in total. The minimum absolute atomic E-state index is 0.147. The van der Waals surface area contributed by atoms with Gasteiger partial charge in [0, 0.05) is 29.1 Å². The number of esters is 1. The standard InChI is InChI=1S/C21H16FN3O4/c1-2-29-18(27)7-6-17(26)20-21(28)15(10-23)14-5-3-4-13(19(14)25-20)12-8-9-24-11-16(12)22/h3-5,8-9,11,28H,2,6-7H2,1H3. The second kappa shape index (κ2) is 8.44. The summed E-state index contributed by atoms with van der Waals surface area (Å²) in [5, 5.41) is 20.2. The Morgan fingerprint density at radius 3 is 2.72 bits per heavy atom. The van der Waals surface area contributed by atoms with Gasteiger partial charge < -0.3 is 9.84 Å². The van der Waals surface area contributed by atoms with Crippen LogP contribution in [0.15, 0.2) is 36.7 Å². The summed E-state index contributed by atoms with van der Waals surface area (Å²) in [6, 6.07) is 8.07. The zero-order chi connectivity index (χ0) is 21.0. The van der Waals surface area contributed by atoms with Crippen molar-refractivity contribution in [3.63, 3.8) is 0 Å². The maximum absolute atomic E-state index is 14.3. The van der Waals surface area contributed by atoms with Gasteiger partial charge in [-0.15, -0.1) is 0 Å². The maximum atomic E-state index is 14.3. The highest BCUT2D eigenvalue weighted by molar-refractivity contribution is 6.05. The molecule has 0 aliphatic heterocycles. The normalized spacial score (nSPS) is 10.5. The van der Waals surface area contributed by atoms with Crippen molar-refractivity contribution in [2.45, 2.75) is 19.8 Å². The second-order valence-corrected chi connectivity index (χ2v) is 6.08. The summed E-state index contributed by atoms with van der Waals surface area (Å²) in [7, 11) is 0. The average Bonchev–Trinajstić information content (AvgIpc) is 2.72. The molecule has 0 saturated heterocycles. The van der Waals surface area contributed by atoms with Crippen molar-refractivity contribution in [2.24, 2.45) is 0 Å². The van der Waals surface area contributed by atoms with Gasteiger partial charge in [-0.3, -0.25) is 14.6 Å². The van der Waals surface area contributed by atoms with E-state index < -0.39 is 23.3 Å². The number of fused-ring (bicyclic) bond motifs is 1. The van der Waals surface area contributed by atoms with E-state index in [1.165, 1.54) is 12.3 Å². The number of rotatable bonds is 6. The number of ketones is 1. The number of ether oxygens (including phenoxy) is 1. The average molecular weight is 393 g/mol. The van der Waals surface area contributed by atoms with Crippen LogP contribution in [0.1, 0.15) is 35.8 Å². The Morgan fingerprint density at radius 1 is 1.24 bits per heavy atom. The number of benzene rings is 1.